The number of aliphatic hydroxyl groups excluding tert-OH is 1. The molecule has 0 aliphatic carbocycles. The van der Waals surface area contributed by atoms with Crippen molar-refractivity contribution in [2.24, 2.45) is 5.92 Å². The van der Waals surface area contributed by atoms with E-state index in [-0.39, 0.29) is 24.5 Å². The lowest BCUT2D eigenvalue weighted by Gasteiger charge is -2.27. The van der Waals surface area contributed by atoms with Crippen LogP contribution in [0.15, 0.2) is 77.7 Å². The third kappa shape index (κ3) is 4.50. The van der Waals surface area contributed by atoms with E-state index >= 15 is 0 Å². The lowest BCUT2D eigenvalue weighted by Crippen LogP contribution is -2.44. The monoisotopic (exact) mass is 494 g/mol. The number of carbonyl (C=O) groups excluding carboxylic acids is 1. The number of aromatic nitrogens is 1. The van der Waals surface area contributed by atoms with Crippen molar-refractivity contribution in [2.45, 2.75) is 25.5 Å². The number of hydrogen-bond donors (Lipinski definition) is 2. The lowest BCUT2D eigenvalue weighted by molar-refractivity contribution is -0.139. The number of pyridine rings is 1. The van der Waals surface area contributed by atoms with Gasteiger partial charge in [-0.15, -0.1) is 0 Å². The zero-order valence-corrected chi connectivity index (χ0v) is 20.3. The van der Waals surface area contributed by atoms with Crippen LogP contribution in [-0.4, -0.2) is 34.4 Å². The lowest BCUT2D eigenvalue weighted by atomic mass is 9.83. The molecule has 7 nitrogen and oxygen atoms in total. The van der Waals surface area contributed by atoms with Gasteiger partial charge in [0, 0.05) is 35.0 Å². The molecule has 35 heavy (non-hydrogen) atoms. The topological polar surface area (TPSA) is 92.0 Å². The molecule has 3 aromatic rings. The molecule has 1 amide bonds. The summed E-state index contributed by atoms with van der Waals surface area (Å²) in [4.78, 5) is 27.6. The van der Waals surface area contributed by atoms with Gasteiger partial charge in [-0.2, -0.15) is 0 Å². The fraction of sp³-hybridized carbons (Fsp3) is 0.259. The summed E-state index contributed by atoms with van der Waals surface area (Å²) in [5, 5.41) is 21.1. The van der Waals surface area contributed by atoms with E-state index in [1.54, 1.807) is 72.6 Å². The highest BCUT2D eigenvalue weighted by Gasteiger charge is 2.52. The normalized spacial score (nSPS) is 18.2. The van der Waals surface area contributed by atoms with Gasteiger partial charge in [0.15, 0.2) is 11.4 Å². The fourth-order valence-electron chi connectivity index (χ4n) is 4.37. The van der Waals surface area contributed by atoms with Gasteiger partial charge in [-0.25, -0.2) is 0 Å². The van der Waals surface area contributed by atoms with Crippen LogP contribution in [0.3, 0.4) is 0 Å². The van der Waals surface area contributed by atoms with E-state index in [2.05, 4.69) is 0 Å². The molecular weight excluding hydrogens is 468 g/mol. The summed E-state index contributed by atoms with van der Waals surface area (Å²) in [5.74, 6) is -0.731. The maximum absolute atomic E-state index is 13.6. The van der Waals surface area contributed by atoms with Crippen molar-refractivity contribution >= 4 is 23.2 Å². The number of carbonyl (C=O) groups is 1. The van der Waals surface area contributed by atoms with Crippen LogP contribution in [0.25, 0.3) is 5.69 Å². The number of aliphatic hydroxyl groups is 2. The van der Waals surface area contributed by atoms with Crippen LogP contribution in [-0.2, 0) is 16.9 Å². The predicted octanol–water partition coefficient (Wildman–Crippen LogP) is 3.81. The van der Waals surface area contributed by atoms with Crippen LogP contribution in [0.5, 0.6) is 5.75 Å². The van der Waals surface area contributed by atoms with Gasteiger partial charge in [0.05, 0.1) is 19.3 Å². The van der Waals surface area contributed by atoms with Gasteiger partial charge < -0.3 is 19.8 Å². The molecule has 0 spiro atoms. The number of anilines is 1. The van der Waals surface area contributed by atoms with E-state index in [0.717, 1.165) is 5.56 Å². The summed E-state index contributed by atoms with van der Waals surface area (Å²) < 4.78 is 6.60. The maximum atomic E-state index is 13.6. The minimum atomic E-state index is -1.78. The van der Waals surface area contributed by atoms with Crippen molar-refractivity contribution in [3.8, 4) is 11.4 Å². The van der Waals surface area contributed by atoms with E-state index < -0.39 is 17.4 Å². The number of ether oxygens (including phenoxy) is 1. The van der Waals surface area contributed by atoms with Crippen molar-refractivity contribution in [3.63, 3.8) is 0 Å². The Morgan fingerprint density at radius 2 is 1.89 bits per heavy atom. The summed E-state index contributed by atoms with van der Waals surface area (Å²) in [7, 11) is 1.45. The highest BCUT2D eigenvalue weighted by atomic mass is 35.5. The van der Waals surface area contributed by atoms with Crippen molar-refractivity contribution in [1.29, 1.82) is 0 Å². The van der Waals surface area contributed by atoms with Crippen molar-refractivity contribution in [3.05, 3.63) is 99.4 Å². The van der Waals surface area contributed by atoms with Gasteiger partial charge >= 0.3 is 0 Å². The number of fused-ring (bicyclic) bond motifs is 1. The number of hydrogen-bond acceptors (Lipinski definition) is 5. The molecule has 182 valence electrons. The fourth-order valence-corrected chi connectivity index (χ4v) is 4.54. The Labute approximate surface area is 208 Å². The molecular formula is C27H27ClN2O5. The molecule has 2 aromatic carbocycles. The second kappa shape index (κ2) is 10.1. The van der Waals surface area contributed by atoms with Gasteiger partial charge in [0.1, 0.15) is 0 Å². The first-order valence-corrected chi connectivity index (χ1v) is 11.7. The average Bonchev–Trinajstić information content (AvgIpc) is 3.07. The Morgan fingerprint density at radius 1 is 1.14 bits per heavy atom. The van der Waals surface area contributed by atoms with Crippen molar-refractivity contribution < 1.29 is 19.7 Å². The highest BCUT2D eigenvalue weighted by molar-refractivity contribution is 6.31. The predicted molar refractivity (Wildman–Crippen MR) is 135 cm³/mol. The van der Waals surface area contributed by atoms with Crippen LogP contribution < -0.4 is 15.2 Å². The molecule has 2 N–H and O–H groups in total. The maximum Gasteiger partial charge on any atom is 0.297 e. The molecule has 0 radical (unpaired) electrons. The smallest absolute Gasteiger partial charge is 0.297 e. The molecule has 0 bridgehead atoms. The summed E-state index contributed by atoms with van der Waals surface area (Å²) in [5.41, 5.74) is 0.494. The van der Waals surface area contributed by atoms with E-state index in [1.165, 1.54) is 11.7 Å². The molecule has 0 saturated heterocycles. The third-order valence-electron chi connectivity index (χ3n) is 6.30. The second-order valence-corrected chi connectivity index (χ2v) is 8.90. The van der Waals surface area contributed by atoms with Gasteiger partial charge in [0.2, 0.25) is 0 Å². The number of halogens is 1. The number of methoxy groups -OCH3 is 1. The van der Waals surface area contributed by atoms with Crippen LogP contribution in [0.4, 0.5) is 5.69 Å². The molecule has 4 rings (SSSR count). The van der Waals surface area contributed by atoms with Gasteiger partial charge in [-0.05, 0) is 54.4 Å². The van der Waals surface area contributed by atoms with Gasteiger partial charge in [-0.1, -0.05) is 42.8 Å². The SMILES string of the molecule is COc1cccn(-c2ccc(CN3C(=O)[C@@](O)([C@@H](C)/C=C/CCO)c4cc(Cl)ccc43)cc2)c1=O. The van der Waals surface area contributed by atoms with E-state index in [9.17, 15) is 14.7 Å². The van der Waals surface area contributed by atoms with E-state index in [0.29, 0.717) is 28.4 Å². The van der Waals surface area contributed by atoms with E-state index in [4.69, 9.17) is 21.4 Å². The first-order valence-electron chi connectivity index (χ1n) is 11.3. The summed E-state index contributed by atoms with van der Waals surface area (Å²) >= 11 is 6.22. The molecule has 2 atom stereocenters. The Balaban J connectivity index is 1.65. The summed E-state index contributed by atoms with van der Waals surface area (Å²) in [6, 6.07) is 15.7. The minimum Gasteiger partial charge on any atom is -0.491 e. The molecule has 1 aliphatic rings. The highest BCUT2D eigenvalue weighted by Crippen LogP contribution is 2.46. The number of amides is 1. The molecule has 1 aromatic heterocycles. The molecule has 0 fully saturated rings. The first-order chi connectivity index (χ1) is 16.8. The Hall–Kier alpha value is -3.39. The zero-order valence-electron chi connectivity index (χ0n) is 19.5. The van der Waals surface area contributed by atoms with Crippen LogP contribution in [0.2, 0.25) is 5.02 Å². The molecule has 1 aliphatic heterocycles. The van der Waals surface area contributed by atoms with Crippen LogP contribution in [0, 0.1) is 5.92 Å². The van der Waals surface area contributed by atoms with Gasteiger partial charge in [-0.3, -0.25) is 14.2 Å². The number of rotatable bonds is 8. The molecule has 0 saturated carbocycles. The third-order valence-corrected chi connectivity index (χ3v) is 6.53. The minimum absolute atomic E-state index is 0.0119. The Morgan fingerprint density at radius 3 is 2.57 bits per heavy atom. The quantitative estimate of drug-likeness (QED) is 0.465. The molecule has 2 heterocycles. The second-order valence-electron chi connectivity index (χ2n) is 8.47. The standard InChI is InChI=1S/C27H27ClN2O5/c1-18(6-3-4-15-31)27(34)22-16-20(28)10-13-23(22)30(26(27)33)17-19-8-11-21(12-9-19)29-14-5-7-24(35-2)25(29)32/h3,5-14,16,18,31,34H,4,15,17H2,1-2H3/b6-3+/t18-,27+/m0/s1. The summed E-state index contributed by atoms with van der Waals surface area (Å²) in [6.07, 6.45) is 5.59. The van der Waals surface area contributed by atoms with Crippen molar-refractivity contribution in [2.75, 3.05) is 18.6 Å². The zero-order chi connectivity index (χ0) is 25.2. The van der Waals surface area contributed by atoms with Gasteiger partial charge in [0.25, 0.3) is 11.5 Å². The average molecular weight is 495 g/mol. The van der Waals surface area contributed by atoms with E-state index in [1.807, 2.05) is 12.1 Å². The first kappa shape index (κ1) is 24.7. The largest absolute Gasteiger partial charge is 0.491 e. The van der Waals surface area contributed by atoms with Crippen LogP contribution in [0.1, 0.15) is 24.5 Å². The van der Waals surface area contributed by atoms with Crippen molar-refractivity contribution in [1.82, 2.24) is 4.57 Å². The Bertz CT molecular complexity index is 1320. The molecule has 0 unspecified atom stereocenters. The number of nitrogens with zero attached hydrogens (tertiary/aromatic N) is 2. The molecule has 8 heteroatoms. The summed E-state index contributed by atoms with van der Waals surface area (Å²) in [6.45, 7) is 1.98. The van der Waals surface area contributed by atoms with Crippen LogP contribution >= 0.6 is 11.6 Å². The number of benzene rings is 2. The Kier molecular flexibility index (Phi) is 7.12.